The maximum Gasteiger partial charge on any atom is 0.149 e. The summed E-state index contributed by atoms with van der Waals surface area (Å²) in [4.78, 5) is 2.23. The third-order valence-corrected chi connectivity index (χ3v) is 7.83. The van der Waals surface area contributed by atoms with E-state index in [4.69, 9.17) is 9.47 Å². The highest BCUT2D eigenvalue weighted by atomic mass is 19.1. The van der Waals surface area contributed by atoms with Crippen molar-refractivity contribution in [3.05, 3.63) is 70.8 Å². The van der Waals surface area contributed by atoms with Crippen LogP contribution in [-0.2, 0) is 0 Å². The zero-order valence-corrected chi connectivity index (χ0v) is 20.8. The number of likely N-dealkylation sites (tertiary alicyclic amines) is 1. The lowest BCUT2D eigenvalue weighted by Crippen LogP contribution is -2.49. The first-order valence-corrected chi connectivity index (χ1v) is 13.0. The van der Waals surface area contributed by atoms with Crippen LogP contribution in [0, 0.1) is 11.8 Å². The van der Waals surface area contributed by atoms with E-state index in [0.717, 1.165) is 61.0 Å². The molecule has 0 bridgehead atoms. The predicted octanol–water partition coefficient (Wildman–Crippen LogP) is 6.72. The predicted molar refractivity (Wildman–Crippen MR) is 138 cm³/mol. The van der Waals surface area contributed by atoms with E-state index in [-0.39, 0.29) is 24.4 Å². The number of nitrogens with zero attached hydrogens (tertiary/aromatic N) is 1. The van der Waals surface area contributed by atoms with Crippen molar-refractivity contribution in [2.75, 3.05) is 32.9 Å². The van der Waals surface area contributed by atoms with E-state index in [0.29, 0.717) is 6.61 Å². The lowest BCUT2D eigenvalue weighted by atomic mass is 9.79. The van der Waals surface area contributed by atoms with Crippen molar-refractivity contribution in [2.45, 2.75) is 45.6 Å². The Balaban J connectivity index is 1.35. The SMILES string of the molecule is CCC1CC=C(C2=C(C)c3cc(O)ccc3OC2c2ccc(OCCN3CC(CF)C3)cc2)CC1. The summed E-state index contributed by atoms with van der Waals surface area (Å²) in [7, 11) is 0. The molecular weight excluding hydrogens is 441 g/mol. The van der Waals surface area contributed by atoms with Crippen LogP contribution in [0.25, 0.3) is 5.57 Å². The molecule has 5 rings (SSSR count). The van der Waals surface area contributed by atoms with Gasteiger partial charge in [0, 0.05) is 36.7 Å². The molecule has 0 amide bonds. The number of ether oxygens (including phenoxy) is 2. The van der Waals surface area contributed by atoms with Crippen molar-refractivity contribution >= 4 is 5.57 Å². The molecule has 2 unspecified atom stereocenters. The molecule has 186 valence electrons. The zero-order valence-electron chi connectivity index (χ0n) is 20.8. The number of rotatable bonds is 8. The maximum absolute atomic E-state index is 12.6. The molecule has 1 aliphatic carbocycles. The van der Waals surface area contributed by atoms with E-state index in [1.807, 2.05) is 24.3 Å². The quantitative estimate of drug-likeness (QED) is 0.458. The summed E-state index contributed by atoms with van der Waals surface area (Å²) >= 11 is 0. The van der Waals surface area contributed by atoms with Crippen LogP contribution >= 0.6 is 0 Å². The molecule has 0 aromatic heterocycles. The third kappa shape index (κ3) is 5.11. The Kier molecular flexibility index (Phi) is 7.14. The molecule has 3 aliphatic rings. The smallest absolute Gasteiger partial charge is 0.149 e. The van der Waals surface area contributed by atoms with Gasteiger partial charge in [-0.1, -0.05) is 31.6 Å². The van der Waals surface area contributed by atoms with Crippen molar-refractivity contribution in [2.24, 2.45) is 11.8 Å². The molecule has 4 nitrogen and oxygen atoms in total. The van der Waals surface area contributed by atoms with Gasteiger partial charge in [0.25, 0.3) is 0 Å². The van der Waals surface area contributed by atoms with Crippen molar-refractivity contribution in [1.82, 2.24) is 4.90 Å². The van der Waals surface area contributed by atoms with E-state index in [2.05, 4.69) is 37.0 Å². The van der Waals surface area contributed by atoms with Crippen molar-refractivity contribution in [3.8, 4) is 17.2 Å². The van der Waals surface area contributed by atoms with Crippen molar-refractivity contribution in [3.63, 3.8) is 0 Å². The number of allylic oxidation sites excluding steroid dienone is 2. The average Bonchev–Trinajstić information content (AvgIpc) is 2.86. The van der Waals surface area contributed by atoms with Crippen LogP contribution in [0.5, 0.6) is 17.2 Å². The van der Waals surface area contributed by atoms with Crippen molar-refractivity contribution < 1.29 is 19.0 Å². The summed E-state index contributed by atoms with van der Waals surface area (Å²) in [5.74, 6) is 2.86. The van der Waals surface area contributed by atoms with Gasteiger partial charge >= 0.3 is 0 Å². The van der Waals surface area contributed by atoms with Gasteiger partial charge in [-0.3, -0.25) is 9.29 Å². The van der Waals surface area contributed by atoms with Gasteiger partial charge in [-0.2, -0.15) is 0 Å². The minimum absolute atomic E-state index is 0.191. The fourth-order valence-corrected chi connectivity index (χ4v) is 5.58. The Labute approximate surface area is 208 Å². The normalized spacial score (nSPS) is 22.8. The molecule has 2 aromatic rings. The Bertz CT molecular complexity index is 1100. The van der Waals surface area contributed by atoms with E-state index in [1.165, 1.54) is 29.6 Å². The first kappa shape index (κ1) is 23.9. The van der Waals surface area contributed by atoms with E-state index in [9.17, 15) is 9.50 Å². The molecule has 5 heteroatoms. The van der Waals surface area contributed by atoms with Crippen LogP contribution in [0.2, 0.25) is 0 Å². The van der Waals surface area contributed by atoms with E-state index >= 15 is 0 Å². The highest BCUT2D eigenvalue weighted by molar-refractivity contribution is 5.79. The second-order valence-corrected chi connectivity index (χ2v) is 10.2. The Morgan fingerprint density at radius 2 is 1.91 bits per heavy atom. The molecule has 1 saturated heterocycles. The second-order valence-electron chi connectivity index (χ2n) is 10.2. The molecule has 0 radical (unpaired) electrons. The number of phenols is 1. The summed E-state index contributed by atoms with van der Waals surface area (Å²) in [6.07, 6.45) is 6.80. The van der Waals surface area contributed by atoms with E-state index < -0.39 is 0 Å². The zero-order chi connectivity index (χ0) is 24.4. The largest absolute Gasteiger partial charge is 0.508 e. The summed E-state index contributed by atoms with van der Waals surface area (Å²) in [5.41, 5.74) is 5.84. The van der Waals surface area contributed by atoms with Crippen LogP contribution in [0.1, 0.15) is 56.8 Å². The van der Waals surface area contributed by atoms with Gasteiger partial charge in [0.2, 0.25) is 0 Å². The lowest BCUT2D eigenvalue weighted by Gasteiger charge is -2.37. The first-order valence-electron chi connectivity index (χ1n) is 13.0. The molecule has 35 heavy (non-hydrogen) atoms. The number of benzene rings is 2. The van der Waals surface area contributed by atoms with Crippen LogP contribution in [0.3, 0.4) is 0 Å². The Morgan fingerprint density at radius 3 is 2.60 bits per heavy atom. The number of hydrogen-bond donors (Lipinski definition) is 1. The molecule has 2 atom stereocenters. The van der Waals surface area contributed by atoms with Gasteiger partial charge in [-0.25, -0.2) is 0 Å². The standard InChI is InChI=1S/C30H36FNO3/c1-3-21-4-6-23(7-5-21)29-20(2)27-16-25(33)10-13-28(27)35-30(29)24-8-11-26(12-9-24)34-15-14-32-18-22(17-31)19-32/h6,8-13,16,21-22,30,33H,3-5,7,14-15,17-19H2,1-2H3. The topological polar surface area (TPSA) is 41.9 Å². The van der Waals surface area contributed by atoms with E-state index in [1.54, 1.807) is 6.07 Å². The summed E-state index contributed by atoms with van der Waals surface area (Å²) in [5, 5.41) is 10.1. The second kappa shape index (κ2) is 10.4. The highest BCUT2D eigenvalue weighted by Crippen LogP contribution is 2.48. The van der Waals surface area contributed by atoms with Gasteiger partial charge in [0.1, 0.15) is 30.0 Å². The third-order valence-electron chi connectivity index (χ3n) is 7.83. The van der Waals surface area contributed by atoms with Crippen LogP contribution in [-0.4, -0.2) is 42.9 Å². The highest BCUT2D eigenvalue weighted by Gasteiger charge is 2.32. The first-order chi connectivity index (χ1) is 17.1. The fraction of sp³-hybridized carbons (Fsp3) is 0.467. The number of fused-ring (bicyclic) bond motifs is 1. The molecule has 0 saturated carbocycles. The molecule has 2 aromatic carbocycles. The summed E-state index contributed by atoms with van der Waals surface area (Å²) in [6.45, 7) is 7.29. The Hall–Kier alpha value is -2.79. The molecule has 0 spiro atoms. The number of alkyl halides is 1. The minimum Gasteiger partial charge on any atom is -0.508 e. The van der Waals surface area contributed by atoms with Gasteiger partial charge in [-0.15, -0.1) is 0 Å². The van der Waals surface area contributed by atoms with Gasteiger partial charge in [-0.05, 0) is 79.1 Å². The summed E-state index contributed by atoms with van der Waals surface area (Å²) in [6, 6.07) is 13.6. The molecular formula is C30H36FNO3. The lowest BCUT2D eigenvalue weighted by molar-refractivity contribution is 0.0668. The average molecular weight is 478 g/mol. The van der Waals surface area contributed by atoms with Crippen LogP contribution in [0.4, 0.5) is 4.39 Å². The number of hydrogen-bond acceptors (Lipinski definition) is 4. The monoisotopic (exact) mass is 477 g/mol. The molecule has 1 N–H and O–H groups in total. The van der Waals surface area contributed by atoms with Crippen molar-refractivity contribution in [1.29, 1.82) is 0 Å². The molecule has 1 fully saturated rings. The Morgan fingerprint density at radius 1 is 1.11 bits per heavy atom. The number of halogens is 1. The fourth-order valence-electron chi connectivity index (χ4n) is 5.58. The maximum atomic E-state index is 12.6. The van der Waals surface area contributed by atoms with Gasteiger partial charge < -0.3 is 14.6 Å². The molecule has 2 heterocycles. The van der Waals surface area contributed by atoms with Gasteiger partial charge in [0.05, 0.1) is 6.67 Å². The minimum atomic E-state index is -0.223. The number of aromatic hydroxyl groups is 1. The summed E-state index contributed by atoms with van der Waals surface area (Å²) < 4.78 is 25.1. The van der Waals surface area contributed by atoms with Crippen LogP contribution in [0.15, 0.2) is 59.7 Å². The number of phenolic OH excluding ortho intramolecular Hbond substituents is 1. The van der Waals surface area contributed by atoms with Gasteiger partial charge in [0.15, 0.2) is 0 Å². The van der Waals surface area contributed by atoms with Crippen LogP contribution < -0.4 is 9.47 Å². The molecule has 2 aliphatic heterocycles.